The Labute approximate surface area is 168 Å². The van der Waals surface area contributed by atoms with E-state index in [0.717, 1.165) is 12.1 Å². The van der Waals surface area contributed by atoms with Crippen LogP contribution in [-0.4, -0.2) is 26.4 Å². The fourth-order valence-corrected chi connectivity index (χ4v) is 3.66. The number of nitrogens with zero attached hydrogens (tertiary/aromatic N) is 4. The van der Waals surface area contributed by atoms with E-state index in [9.17, 15) is 22.0 Å². The minimum absolute atomic E-state index is 0.0257. The molecule has 156 valence electrons. The predicted molar refractivity (Wildman–Crippen MR) is 101 cm³/mol. The molecule has 0 N–H and O–H groups in total. The number of benzene rings is 2. The number of hydrogen-bond donors (Lipinski definition) is 0. The Kier molecular flexibility index (Phi) is 4.24. The first kappa shape index (κ1) is 20.3. The summed E-state index contributed by atoms with van der Waals surface area (Å²) in [6.45, 7) is 6.87. The Morgan fingerprint density at radius 2 is 1.60 bits per heavy atom. The topological polar surface area (TPSA) is 51.0 Å². The summed E-state index contributed by atoms with van der Waals surface area (Å²) in [6.07, 6.45) is -4.57. The number of hydrogen-bond acceptors (Lipinski definition) is 4. The maximum absolute atomic E-state index is 13.9. The third-order valence-electron chi connectivity index (χ3n) is 5.90. The lowest BCUT2D eigenvalue weighted by Gasteiger charge is -2.45. The molecule has 0 amide bonds. The average Bonchev–Trinajstić information content (AvgIpc) is 2.66. The molecule has 0 fully saturated rings. The van der Waals surface area contributed by atoms with E-state index < -0.39 is 34.3 Å². The minimum Gasteiger partial charge on any atom is -0.274 e. The van der Waals surface area contributed by atoms with Crippen molar-refractivity contribution in [3.8, 4) is 0 Å². The number of halogens is 5. The van der Waals surface area contributed by atoms with Gasteiger partial charge in [-0.25, -0.2) is 13.8 Å². The van der Waals surface area contributed by atoms with Crippen molar-refractivity contribution in [1.29, 1.82) is 0 Å². The van der Waals surface area contributed by atoms with Crippen molar-refractivity contribution >= 4 is 16.7 Å². The predicted octanol–water partition coefficient (Wildman–Crippen LogP) is 5.23. The largest absolute Gasteiger partial charge is 0.416 e. The zero-order valence-electron chi connectivity index (χ0n) is 16.6. The molecule has 0 saturated carbocycles. The second-order valence-corrected chi connectivity index (χ2v) is 8.23. The van der Waals surface area contributed by atoms with E-state index in [-0.39, 0.29) is 33.7 Å². The molecule has 4 nitrogen and oxygen atoms in total. The van der Waals surface area contributed by atoms with Crippen molar-refractivity contribution in [3.05, 3.63) is 64.5 Å². The zero-order valence-corrected chi connectivity index (χ0v) is 16.6. The lowest BCUT2D eigenvalue weighted by molar-refractivity contribution is -0.139. The van der Waals surface area contributed by atoms with Crippen molar-refractivity contribution in [2.75, 3.05) is 0 Å². The lowest BCUT2D eigenvalue weighted by Crippen LogP contribution is -2.47. The van der Waals surface area contributed by atoms with Crippen LogP contribution in [0.15, 0.2) is 35.3 Å². The fraction of sp³-hybridized carbons (Fsp3) is 0.333. The Morgan fingerprint density at radius 3 is 2.27 bits per heavy atom. The summed E-state index contributed by atoms with van der Waals surface area (Å²) in [7, 11) is 0. The van der Waals surface area contributed by atoms with Crippen LogP contribution >= 0.6 is 0 Å². The van der Waals surface area contributed by atoms with Gasteiger partial charge >= 0.3 is 6.18 Å². The molecule has 9 heteroatoms. The Balaban J connectivity index is 2.02. The highest BCUT2D eigenvalue weighted by Gasteiger charge is 2.49. The van der Waals surface area contributed by atoms with Gasteiger partial charge < -0.3 is 0 Å². The van der Waals surface area contributed by atoms with Crippen molar-refractivity contribution in [3.63, 3.8) is 0 Å². The molecule has 0 bridgehead atoms. The summed E-state index contributed by atoms with van der Waals surface area (Å²) >= 11 is 0. The first-order chi connectivity index (χ1) is 13.8. The quantitative estimate of drug-likeness (QED) is 0.507. The van der Waals surface area contributed by atoms with Gasteiger partial charge in [0.2, 0.25) is 5.82 Å². The number of alkyl halides is 3. The summed E-state index contributed by atoms with van der Waals surface area (Å²) in [5, 5.41) is 7.57. The van der Waals surface area contributed by atoms with Crippen LogP contribution in [0, 0.1) is 11.6 Å². The molecule has 1 aliphatic heterocycles. The third-order valence-corrected chi connectivity index (χ3v) is 5.90. The molecule has 0 atom stereocenters. The summed E-state index contributed by atoms with van der Waals surface area (Å²) in [5.74, 6) is -2.34. The molecule has 4 rings (SSSR count). The smallest absolute Gasteiger partial charge is 0.274 e. The van der Waals surface area contributed by atoms with E-state index in [1.54, 1.807) is 27.7 Å². The van der Waals surface area contributed by atoms with Crippen LogP contribution in [0.4, 0.5) is 22.0 Å². The van der Waals surface area contributed by atoms with Crippen molar-refractivity contribution in [1.82, 2.24) is 15.2 Å². The van der Waals surface area contributed by atoms with E-state index in [4.69, 9.17) is 0 Å². The van der Waals surface area contributed by atoms with Gasteiger partial charge in [-0.2, -0.15) is 13.2 Å². The minimum atomic E-state index is -4.57. The molecule has 1 aliphatic rings. The highest BCUT2D eigenvalue weighted by atomic mass is 19.4. The number of rotatable bonds is 1. The van der Waals surface area contributed by atoms with Crippen LogP contribution in [0.3, 0.4) is 0 Å². The lowest BCUT2D eigenvalue weighted by atomic mass is 9.64. The Bertz CT molecular complexity index is 1210. The molecule has 0 unspecified atom stereocenters. The van der Waals surface area contributed by atoms with Crippen LogP contribution in [-0.2, 0) is 11.6 Å². The van der Waals surface area contributed by atoms with Gasteiger partial charge in [0, 0.05) is 11.0 Å². The van der Waals surface area contributed by atoms with E-state index in [0.29, 0.717) is 0 Å². The number of aromatic nitrogens is 3. The Morgan fingerprint density at radius 1 is 0.900 bits per heavy atom. The highest BCUT2D eigenvalue weighted by molar-refractivity contribution is 6.13. The molecule has 30 heavy (non-hydrogen) atoms. The van der Waals surface area contributed by atoms with E-state index >= 15 is 0 Å². The molecule has 2 heterocycles. The van der Waals surface area contributed by atoms with Gasteiger partial charge in [-0.15, -0.1) is 10.2 Å². The second-order valence-electron chi connectivity index (χ2n) is 8.23. The SMILES string of the molecule is CC1(C)N=C(c2nnc3c(F)c(F)ccc3n2)c2cccc(C(F)(F)F)c2C1(C)C. The van der Waals surface area contributed by atoms with Gasteiger partial charge in [0.1, 0.15) is 5.71 Å². The molecule has 3 aromatic rings. The average molecular weight is 420 g/mol. The van der Waals surface area contributed by atoms with Crippen molar-refractivity contribution in [2.24, 2.45) is 4.99 Å². The maximum Gasteiger partial charge on any atom is 0.416 e. The first-order valence-electron chi connectivity index (χ1n) is 9.14. The highest BCUT2D eigenvalue weighted by Crippen LogP contribution is 2.48. The van der Waals surface area contributed by atoms with Crippen molar-refractivity contribution < 1.29 is 22.0 Å². The summed E-state index contributed by atoms with van der Waals surface area (Å²) in [6, 6.07) is 6.00. The second kappa shape index (κ2) is 6.26. The van der Waals surface area contributed by atoms with E-state index in [2.05, 4.69) is 20.2 Å². The molecule has 0 radical (unpaired) electrons. The van der Waals surface area contributed by atoms with E-state index in [1.807, 2.05) is 0 Å². The molecule has 0 aliphatic carbocycles. The van der Waals surface area contributed by atoms with Gasteiger partial charge in [-0.3, -0.25) is 4.99 Å². The molecule has 2 aromatic carbocycles. The van der Waals surface area contributed by atoms with Crippen LogP contribution in [0.25, 0.3) is 11.0 Å². The molecule has 0 saturated heterocycles. The van der Waals surface area contributed by atoms with Gasteiger partial charge in [-0.1, -0.05) is 26.0 Å². The Hall–Kier alpha value is -2.97. The monoisotopic (exact) mass is 420 g/mol. The molecule has 1 aromatic heterocycles. The van der Waals surface area contributed by atoms with Crippen molar-refractivity contribution in [2.45, 2.75) is 44.8 Å². The van der Waals surface area contributed by atoms with Gasteiger partial charge in [0.25, 0.3) is 0 Å². The van der Waals surface area contributed by atoms with Crippen LogP contribution in [0.5, 0.6) is 0 Å². The fourth-order valence-electron chi connectivity index (χ4n) is 3.66. The first-order valence-corrected chi connectivity index (χ1v) is 9.14. The molecule has 0 spiro atoms. The summed E-state index contributed by atoms with van der Waals surface area (Å²) in [5.41, 5.74) is -2.55. The number of aliphatic imine (C=N–C) groups is 1. The van der Waals surface area contributed by atoms with Crippen LogP contribution < -0.4 is 0 Å². The normalized spacial score (nSPS) is 17.6. The third kappa shape index (κ3) is 2.86. The maximum atomic E-state index is 13.9. The standard InChI is InChI=1S/C21H17F5N4/c1-19(2)14-10(6-5-7-11(14)21(24,25)26)16(28-20(19,3)4)18-27-13-9-8-12(22)15(23)17(13)29-30-18/h5-9H,1-4H3. The summed E-state index contributed by atoms with van der Waals surface area (Å²) < 4.78 is 68.9. The van der Waals surface area contributed by atoms with E-state index in [1.165, 1.54) is 18.2 Å². The molecular formula is C21H17F5N4. The molecular weight excluding hydrogens is 403 g/mol. The summed E-state index contributed by atoms with van der Waals surface area (Å²) in [4.78, 5) is 8.88. The van der Waals surface area contributed by atoms with Gasteiger partial charge in [0.05, 0.1) is 16.6 Å². The van der Waals surface area contributed by atoms with Crippen LogP contribution in [0.1, 0.15) is 50.2 Å². The van der Waals surface area contributed by atoms with Gasteiger partial charge in [-0.05, 0) is 37.6 Å². The van der Waals surface area contributed by atoms with Gasteiger partial charge in [0.15, 0.2) is 17.2 Å². The number of fused-ring (bicyclic) bond motifs is 2. The zero-order chi connectivity index (χ0) is 22.1. The van der Waals surface area contributed by atoms with Crippen LogP contribution in [0.2, 0.25) is 0 Å².